The molecule has 7 nitrogen and oxygen atoms in total. The van der Waals surface area contributed by atoms with Crippen molar-refractivity contribution in [1.29, 1.82) is 0 Å². The lowest BCUT2D eigenvalue weighted by Gasteiger charge is -2.18. The van der Waals surface area contributed by atoms with Crippen molar-refractivity contribution in [3.63, 3.8) is 0 Å². The highest BCUT2D eigenvalue weighted by Gasteiger charge is 2.11. The van der Waals surface area contributed by atoms with Crippen LogP contribution in [0.25, 0.3) is 10.9 Å². The van der Waals surface area contributed by atoms with Gasteiger partial charge in [0.05, 0.1) is 12.1 Å². The van der Waals surface area contributed by atoms with E-state index in [4.69, 9.17) is 0 Å². The molecule has 0 saturated carbocycles. The molecule has 1 aromatic carbocycles. The van der Waals surface area contributed by atoms with Crippen molar-refractivity contribution in [3.8, 4) is 0 Å². The molecule has 0 saturated heterocycles. The van der Waals surface area contributed by atoms with Crippen molar-refractivity contribution in [2.45, 2.75) is 19.5 Å². The molecule has 0 aliphatic heterocycles. The predicted molar refractivity (Wildman–Crippen MR) is 80.7 cm³/mol. The lowest BCUT2D eigenvalue weighted by molar-refractivity contribution is -0.130. The van der Waals surface area contributed by atoms with Gasteiger partial charge in [-0.05, 0) is 28.1 Å². The van der Waals surface area contributed by atoms with Crippen LogP contribution >= 0.6 is 0 Å². The van der Waals surface area contributed by atoms with E-state index in [0.717, 1.165) is 16.5 Å². The third-order valence-electron chi connectivity index (χ3n) is 3.52. The third-order valence-corrected chi connectivity index (χ3v) is 3.52. The SMILES string of the molecule is CN(Cc1cccc2ncccc12)C(=O)CCn1cnnn1. The van der Waals surface area contributed by atoms with Crippen LogP contribution in [-0.2, 0) is 17.9 Å². The zero-order chi connectivity index (χ0) is 15.4. The minimum atomic E-state index is 0.0522. The standard InChI is InChI=1S/C15H16N6O/c1-20(15(22)7-9-21-11-17-18-19-21)10-12-4-2-6-14-13(12)5-3-8-16-14/h2-6,8,11H,7,9-10H2,1H3. The summed E-state index contributed by atoms with van der Waals surface area (Å²) < 4.78 is 1.55. The largest absolute Gasteiger partial charge is 0.341 e. The number of aryl methyl sites for hydroxylation is 1. The van der Waals surface area contributed by atoms with E-state index in [-0.39, 0.29) is 5.91 Å². The summed E-state index contributed by atoms with van der Waals surface area (Å²) in [5.41, 5.74) is 2.03. The fraction of sp³-hybridized carbons (Fsp3) is 0.267. The molecule has 112 valence electrons. The van der Waals surface area contributed by atoms with Gasteiger partial charge in [-0.1, -0.05) is 18.2 Å². The van der Waals surface area contributed by atoms with Crippen LogP contribution in [0.3, 0.4) is 0 Å². The Morgan fingerprint density at radius 1 is 1.27 bits per heavy atom. The van der Waals surface area contributed by atoms with E-state index in [1.54, 1.807) is 22.8 Å². The number of benzene rings is 1. The minimum Gasteiger partial charge on any atom is -0.341 e. The fourth-order valence-corrected chi connectivity index (χ4v) is 2.33. The van der Waals surface area contributed by atoms with Gasteiger partial charge in [0.15, 0.2) is 0 Å². The van der Waals surface area contributed by atoms with Crippen LogP contribution in [-0.4, -0.2) is 43.0 Å². The zero-order valence-electron chi connectivity index (χ0n) is 12.3. The molecule has 1 amide bonds. The number of aromatic nitrogens is 5. The smallest absolute Gasteiger partial charge is 0.224 e. The number of tetrazole rings is 1. The topological polar surface area (TPSA) is 76.8 Å². The molecule has 0 N–H and O–H groups in total. The quantitative estimate of drug-likeness (QED) is 0.708. The molecule has 0 fully saturated rings. The number of rotatable bonds is 5. The molecule has 0 bridgehead atoms. The first-order chi connectivity index (χ1) is 10.7. The first-order valence-electron chi connectivity index (χ1n) is 7.01. The Kier molecular flexibility index (Phi) is 4.04. The number of carbonyl (C=O) groups excluding carboxylic acids is 1. The van der Waals surface area contributed by atoms with E-state index in [9.17, 15) is 4.79 Å². The van der Waals surface area contributed by atoms with E-state index in [1.807, 2.05) is 30.3 Å². The van der Waals surface area contributed by atoms with E-state index in [2.05, 4.69) is 20.5 Å². The summed E-state index contributed by atoms with van der Waals surface area (Å²) in [5.74, 6) is 0.0522. The van der Waals surface area contributed by atoms with Crippen molar-refractivity contribution in [3.05, 3.63) is 48.4 Å². The van der Waals surface area contributed by atoms with Crippen LogP contribution in [0.15, 0.2) is 42.9 Å². The van der Waals surface area contributed by atoms with E-state index in [1.165, 1.54) is 6.33 Å². The van der Waals surface area contributed by atoms with Gasteiger partial charge < -0.3 is 4.90 Å². The lowest BCUT2D eigenvalue weighted by Crippen LogP contribution is -2.27. The van der Waals surface area contributed by atoms with Gasteiger partial charge in [-0.15, -0.1) is 5.10 Å². The molecular weight excluding hydrogens is 280 g/mol. The Morgan fingerprint density at radius 2 is 2.18 bits per heavy atom. The molecule has 0 radical (unpaired) electrons. The molecule has 0 aliphatic carbocycles. The first-order valence-corrected chi connectivity index (χ1v) is 7.01. The number of nitrogens with zero attached hydrogens (tertiary/aromatic N) is 6. The second-order valence-corrected chi connectivity index (χ2v) is 5.06. The Bertz CT molecular complexity index is 765. The maximum Gasteiger partial charge on any atom is 0.224 e. The van der Waals surface area contributed by atoms with Crippen molar-refractivity contribution < 1.29 is 4.79 Å². The van der Waals surface area contributed by atoms with Gasteiger partial charge in [-0.25, -0.2) is 4.68 Å². The number of hydrogen-bond donors (Lipinski definition) is 0. The summed E-state index contributed by atoms with van der Waals surface area (Å²) in [5, 5.41) is 11.9. The second kappa shape index (κ2) is 6.30. The summed E-state index contributed by atoms with van der Waals surface area (Å²) >= 11 is 0. The van der Waals surface area contributed by atoms with Crippen LogP contribution in [0.2, 0.25) is 0 Å². The second-order valence-electron chi connectivity index (χ2n) is 5.06. The van der Waals surface area contributed by atoms with Crippen LogP contribution in [0.5, 0.6) is 0 Å². The molecule has 3 aromatic rings. The molecule has 7 heteroatoms. The van der Waals surface area contributed by atoms with Gasteiger partial charge in [0.2, 0.25) is 5.91 Å². The van der Waals surface area contributed by atoms with E-state index >= 15 is 0 Å². The molecule has 3 rings (SSSR count). The average molecular weight is 296 g/mol. The van der Waals surface area contributed by atoms with Gasteiger partial charge in [-0.2, -0.15) is 0 Å². The van der Waals surface area contributed by atoms with Gasteiger partial charge in [0.1, 0.15) is 6.33 Å². The number of fused-ring (bicyclic) bond motifs is 1. The van der Waals surface area contributed by atoms with Crippen molar-refractivity contribution in [1.82, 2.24) is 30.1 Å². The van der Waals surface area contributed by atoms with Crippen LogP contribution in [0, 0.1) is 0 Å². The molecule has 22 heavy (non-hydrogen) atoms. The highest BCUT2D eigenvalue weighted by atomic mass is 16.2. The third kappa shape index (κ3) is 3.08. The summed E-state index contributed by atoms with van der Waals surface area (Å²) in [6.45, 7) is 1.03. The van der Waals surface area contributed by atoms with Gasteiger partial charge in [0.25, 0.3) is 0 Å². The minimum absolute atomic E-state index is 0.0522. The van der Waals surface area contributed by atoms with Crippen molar-refractivity contribution >= 4 is 16.8 Å². The lowest BCUT2D eigenvalue weighted by atomic mass is 10.1. The maximum absolute atomic E-state index is 12.2. The summed E-state index contributed by atoms with van der Waals surface area (Å²) in [6, 6.07) is 9.89. The van der Waals surface area contributed by atoms with Gasteiger partial charge in [-0.3, -0.25) is 9.78 Å². The Labute approximate surface area is 127 Å². The molecule has 2 heterocycles. The summed E-state index contributed by atoms with van der Waals surface area (Å²) in [6.07, 6.45) is 3.64. The van der Waals surface area contributed by atoms with E-state index < -0.39 is 0 Å². The summed E-state index contributed by atoms with van der Waals surface area (Å²) in [4.78, 5) is 18.3. The van der Waals surface area contributed by atoms with Crippen LogP contribution < -0.4 is 0 Å². The highest BCUT2D eigenvalue weighted by molar-refractivity contribution is 5.83. The summed E-state index contributed by atoms with van der Waals surface area (Å²) in [7, 11) is 1.80. The average Bonchev–Trinajstić information content (AvgIpc) is 3.06. The number of amides is 1. The zero-order valence-corrected chi connectivity index (χ0v) is 12.3. The monoisotopic (exact) mass is 296 g/mol. The van der Waals surface area contributed by atoms with Crippen LogP contribution in [0.1, 0.15) is 12.0 Å². The first kappa shape index (κ1) is 14.1. The molecule has 0 unspecified atom stereocenters. The van der Waals surface area contributed by atoms with Crippen molar-refractivity contribution in [2.75, 3.05) is 7.05 Å². The maximum atomic E-state index is 12.2. The van der Waals surface area contributed by atoms with Crippen molar-refractivity contribution in [2.24, 2.45) is 0 Å². The highest BCUT2D eigenvalue weighted by Crippen LogP contribution is 2.18. The van der Waals surface area contributed by atoms with Gasteiger partial charge in [0, 0.05) is 31.6 Å². The number of pyridine rings is 1. The Hall–Kier alpha value is -2.83. The predicted octanol–water partition coefficient (Wildman–Crippen LogP) is 1.27. The Morgan fingerprint density at radius 3 is 3.00 bits per heavy atom. The van der Waals surface area contributed by atoms with E-state index in [0.29, 0.717) is 19.5 Å². The Balaban J connectivity index is 1.67. The molecule has 0 atom stereocenters. The molecule has 0 spiro atoms. The molecule has 2 aromatic heterocycles. The van der Waals surface area contributed by atoms with Gasteiger partial charge >= 0.3 is 0 Å². The normalized spacial score (nSPS) is 10.8. The molecular formula is C15H16N6O. The van der Waals surface area contributed by atoms with Crippen LogP contribution in [0.4, 0.5) is 0 Å². The number of carbonyl (C=O) groups is 1. The fourth-order valence-electron chi connectivity index (χ4n) is 2.33. The molecule has 0 aliphatic rings. The number of hydrogen-bond acceptors (Lipinski definition) is 5.